The summed E-state index contributed by atoms with van der Waals surface area (Å²) in [4.78, 5) is 0. The number of hydrogen-bond acceptors (Lipinski definition) is 1. The molecule has 1 unspecified atom stereocenters. The Labute approximate surface area is 69.6 Å². The van der Waals surface area contributed by atoms with Crippen LogP contribution in [0.25, 0.3) is 0 Å². The summed E-state index contributed by atoms with van der Waals surface area (Å²) in [5, 5.41) is 3.53. The van der Waals surface area contributed by atoms with Gasteiger partial charge >= 0.3 is 0 Å². The van der Waals surface area contributed by atoms with Gasteiger partial charge in [0, 0.05) is 6.54 Å². The van der Waals surface area contributed by atoms with Crippen LogP contribution in [0.15, 0.2) is 0 Å². The summed E-state index contributed by atoms with van der Waals surface area (Å²) in [6.07, 6.45) is 7.41. The first kappa shape index (κ1) is 7.60. The molecule has 1 heteroatoms. The minimum Gasteiger partial charge on any atom is -0.316 e. The molecule has 2 fully saturated rings. The van der Waals surface area contributed by atoms with Gasteiger partial charge in [0.05, 0.1) is 0 Å². The SMILES string of the molecule is CC1CNCC12CCCCC2. The first-order valence-corrected chi connectivity index (χ1v) is 5.04. The Hall–Kier alpha value is -0.0400. The van der Waals surface area contributed by atoms with E-state index in [1.54, 1.807) is 0 Å². The lowest BCUT2D eigenvalue weighted by Crippen LogP contribution is -2.31. The first-order chi connectivity index (χ1) is 5.33. The van der Waals surface area contributed by atoms with Crippen LogP contribution < -0.4 is 5.32 Å². The molecule has 1 saturated heterocycles. The van der Waals surface area contributed by atoms with Crippen LogP contribution in [0.3, 0.4) is 0 Å². The average molecular weight is 153 g/mol. The van der Waals surface area contributed by atoms with Crippen molar-refractivity contribution >= 4 is 0 Å². The molecule has 1 aliphatic heterocycles. The second-order valence-electron chi connectivity index (χ2n) is 4.45. The van der Waals surface area contributed by atoms with Gasteiger partial charge in [0.2, 0.25) is 0 Å². The molecule has 1 heterocycles. The number of hydrogen-bond donors (Lipinski definition) is 1. The highest BCUT2D eigenvalue weighted by atomic mass is 14.9. The third-order valence-electron chi connectivity index (χ3n) is 3.82. The highest BCUT2D eigenvalue weighted by Gasteiger charge is 2.40. The number of rotatable bonds is 0. The summed E-state index contributed by atoms with van der Waals surface area (Å²) in [6.45, 7) is 4.99. The van der Waals surface area contributed by atoms with Gasteiger partial charge in [-0.25, -0.2) is 0 Å². The summed E-state index contributed by atoms with van der Waals surface area (Å²) in [5.41, 5.74) is 0.720. The Balaban J connectivity index is 2.06. The summed E-state index contributed by atoms with van der Waals surface area (Å²) in [5.74, 6) is 0.933. The van der Waals surface area contributed by atoms with Crippen molar-refractivity contribution in [2.24, 2.45) is 11.3 Å². The predicted molar refractivity (Wildman–Crippen MR) is 47.6 cm³/mol. The van der Waals surface area contributed by atoms with Gasteiger partial charge in [0.25, 0.3) is 0 Å². The van der Waals surface area contributed by atoms with Gasteiger partial charge in [0.1, 0.15) is 0 Å². The molecular formula is C10H19N. The summed E-state index contributed by atoms with van der Waals surface area (Å²) in [6, 6.07) is 0. The Kier molecular flexibility index (Phi) is 1.92. The van der Waals surface area contributed by atoms with Crippen molar-refractivity contribution in [2.45, 2.75) is 39.0 Å². The topological polar surface area (TPSA) is 12.0 Å². The zero-order valence-electron chi connectivity index (χ0n) is 7.53. The van der Waals surface area contributed by atoms with Crippen LogP contribution in [0.1, 0.15) is 39.0 Å². The smallest absolute Gasteiger partial charge is 0.00110 e. The lowest BCUT2D eigenvalue weighted by Gasteiger charge is -2.36. The first-order valence-electron chi connectivity index (χ1n) is 5.04. The molecule has 1 nitrogen and oxygen atoms in total. The summed E-state index contributed by atoms with van der Waals surface area (Å²) < 4.78 is 0. The van der Waals surface area contributed by atoms with Crippen LogP contribution >= 0.6 is 0 Å². The van der Waals surface area contributed by atoms with E-state index in [0.29, 0.717) is 0 Å². The van der Waals surface area contributed by atoms with Gasteiger partial charge in [-0.05, 0) is 30.7 Å². The lowest BCUT2D eigenvalue weighted by atomic mass is 9.68. The van der Waals surface area contributed by atoms with Crippen LogP contribution in [0.4, 0.5) is 0 Å². The third-order valence-corrected chi connectivity index (χ3v) is 3.82. The zero-order valence-corrected chi connectivity index (χ0v) is 7.53. The standard InChI is InChI=1S/C10H19N/c1-9-7-11-8-10(9)5-3-2-4-6-10/h9,11H,2-8H2,1H3. The van der Waals surface area contributed by atoms with E-state index in [-0.39, 0.29) is 0 Å². The lowest BCUT2D eigenvalue weighted by molar-refractivity contribution is 0.159. The van der Waals surface area contributed by atoms with Crippen molar-refractivity contribution in [3.8, 4) is 0 Å². The van der Waals surface area contributed by atoms with Crippen LogP contribution in [-0.4, -0.2) is 13.1 Å². The summed E-state index contributed by atoms with van der Waals surface area (Å²) >= 11 is 0. The molecule has 0 aromatic carbocycles. The van der Waals surface area contributed by atoms with Crippen LogP contribution in [0, 0.1) is 11.3 Å². The molecule has 0 amide bonds. The predicted octanol–water partition coefficient (Wildman–Crippen LogP) is 2.18. The van der Waals surface area contributed by atoms with E-state index in [1.165, 1.54) is 45.2 Å². The maximum atomic E-state index is 3.53. The third kappa shape index (κ3) is 1.20. The van der Waals surface area contributed by atoms with Crippen LogP contribution in [0.5, 0.6) is 0 Å². The monoisotopic (exact) mass is 153 g/mol. The van der Waals surface area contributed by atoms with Crippen molar-refractivity contribution in [3.63, 3.8) is 0 Å². The maximum absolute atomic E-state index is 3.53. The van der Waals surface area contributed by atoms with Crippen LogP contribution in [0.2, 0.25) is 0 Å². The van der Waals surface area contributed by atoms with Gasteiger partial charge in [-0.15, -0.1) is 0 Å². The molecule has 0 aromatic rings. The summed E-state index contributed by atoms with van der Waals surface area (Å²) in [7, 11) is 0. The van der Waals surface area contributed by atoms with E-state index in [2.05, 4.69) is 12.2 Å². The Morgan fingerprint density at radius 2 is 1.91 bits per heavy atom. The molecule has 11 heavy (non-hydrogen) atoms. The van der Waals surface area contributed by atoms with Crippen LogP contribution in [-0.2, 0) is 0 Å². The molecule has 2 aliphatic rings. The van der Waals surface area contributed by atoms with Crippen molar-refractivity contribution in [1.29, 1.82) is 0 Å². The van der Waals surface area contributed by atoms with Gasteiger partial charge < -0.3 is 5.32 Å². The van der Waals surface area contributed by atoms with E-state index in [1.807, 2.05) is 0 Å². The normalized spacial score (nSPS) is 36.3. The largest absolute Gasteiger partial charge is 0.316 e. The van der Waals surface area contributed by atoms with Gasteiger partial charge in [-0.3, -0.25) is 0 Å². The quantitative estimate of drug-likeness (QED) is 0.562. The molecular weight excluding hydrogens is 134 g/mol. The average Bonchev–Trinajstić information content (AvgIpc) is 2.36. The van der Waals surface area contributed by atoms with Crippen molar-refractivity contribution in [1.82, 2.24) is 5.32 Å². The van der Waals surface area contributed by atoms with Gasteiger partial charge in [0.15, 0.2) is 0 Å². The molecule has 1 aliphatic carbocycles. The number of nitrogens with one attached hydrogen (secondary N) is 1. The fraction of sp³-hybridized carbons (Fsp3) is 1.00. The minimum atomic E-state index is 0.720. The zero-order chi connectivity index (χ0) is 7.73. The van der Waals surface area contributed by atoms with E-state index < -0.39 is 0 Å². The van der Waals surface area contributed by atoms with E-state index in [4.69, 9.17) is 0 Å². The Morgan fingerprint density at radius 3 is 2.45 bits per heavy atom. The fourth-order valence-corrected chi connectivity index (χ4v) is 2.85. The molecule has 0 bridgehead atoms. The molecule has 64 valence electrons. The van der Waals surface area contributed by atoms with E-state index >= 15 is 0 Å². The molecule has 2 rings (SSSR count). The maximum Gasteiger partial charge on any atom is 0.00110 e. The van der Waals surface area contributed by atoms with Gasteiger partial charge in [-0.2, -0.15) is 0 Å². The molecule has 1 atom stereocenters. The van der Waals surface area contributed by atoms with E-state index in [0.717, 1.165) is 11.3 Å². The second kappa shape index (κ2) is 2.78. The van der Waals surface area contributed by atoms with E-state index in [9.17, 15) is 0 Å². The molecule has 1 N–H and O–H groups in total. The molecule has 0 radical (unpaired) electrons. The second-order valence-corrected chi connectivity index (χ2v) is 4.45. The fourth-order valence-electron chi connectivity index (χ4n) is 2.85. The van der Waals surface area contributed by atoms with Crippen molar-refractivity contribution < 1.29 is 0 Å². The highest BCUT2D eigenvalue weighted by Crippen LogP contribution is 2.44. The van der Waals surface area contributed by atoms with Crippen molar-refractivity contribution in [3.05, 3.63) is 0 Å². The van der Waals surface area contributed by atoms with Crippen molar-refractivity contribution in [2.75, 3.05) is 13.1 Å². The Morgan fingerprint density at radius 1 is 1.18 bits per heavy atom. The molecule has 0 aromatic heterocycles. The molecule has 1 spiro atoms. The van der Waals surface area contributed by atoms with Gasteiger partial charge in [-0.1, -0.05) is 26.2 Å². The molecule has 1 saturated carbocycles. The Bertz CT molecular complexity index is 136. The minimum absolute atomic E-state index is 0.720. The highest BCUT2D eigenvalue weighted by molar-refractivity contribution is 4.94.